The molecule has 1 atom stereocenters. The van der Waals surface area contributed by atoms with Crippen LogP contribution in [-0.4, -0.2) is 23.4 Å². The van der Waals surface area contributed by atoms with Crippen molar-refractivity contribution >= 4 is 5.91 Å². The molecule has 1 heterocycles. The van der Waals surface area contributed by atoms with Gasteiger partial charge < -0.3 is 4.90 Å². The lowest BCUT2D eigenvalue weighted by Crippen LogP contribution is -2.42. The van der Waals surface area contributed by atoms with E-state index in [-0.39, 0.29) is 11.9 Å². The SMILES string of the molecule is CCC(CC#N)N1CCCCC1=O. The predicted octanol–water partition coefficient (Wildman–Crippen LogP) is 1.69. The molecular formula is C10H16N2O. The first-order chi connectivity index (χ1) is 6.29. The number of rotatable bonds is 3. The first-order valence-corrected chi connectivity index (χ1v) is 4.96. The lowest BCUT2D eigenvalue weighted by atomic mass is 10.0. The average molecular weight is 180 g/mol. The van der Waals surface area contributed by atoms with Crippen molar-refractivity contribution in [2.75, 3.05) is 6.54 Å². The highest BCUT2D eigenvalue weighted by Gasteiger charge is 2.24. The number of likely N-dealkylation sites (tertiary alicyclic amines) is 1. The van der Waals surface area contributed by atoms with E-state index in [1.165, 1.54) is 0 Å². The van der Waals surface area contributed by atoms with Crippen LogP contribution in [-0.2, 0) is 4.79 Å². The van der Waals surface area contributed by atoms with Crippen molar-refractivity contribution in [1.29, 1.82) is 5.26 Å². The van der Waals surface area contributed by atoms with Crippen LogP contribution in [0.25, 0.3) is 0 Å². The molecule has 0 N–H and O–H groups in total. The van der Waals surface area contributed by atoms with Crippen molar-refractivity contribution in [1.82, 2.24) is 4.90 Å². The van der Waals surface area contributed by atoms with Crippen molar-refractivity contribution in [3.05, 3.63) is 0 Å². The second-order valence-corrected chi connectivity index (χ2v) is 3.47. The molecule has 1 saturated heterocycles. The predicted molar refractivity (Wildman–Crippen MR) is 49.9 cm³/mol. The number of carbonyl (C=O) groups excluding carboxylic acids is 1. The smallest absolute Gasteiger partial charge is 0.222 e. The Morgan fingerprint density at radius 3 is 2.92 bits per heavy atom. The van der Waals surface area contributed by atoms with E-state index >= 15 is 0 Å². The van der Waals surface area contributed by atoms with Crippen molar-refractivity contribution in [2.45, 2.75) is 45.1 Å². The van der Waals surface area contributed by atoms with Crippen LogP contribution in [0.3, 0.4) is 0 Å². The maximum absolute atomic E-state index is 11.5. The van der Waals surface area contributed by atoms with Crippen molar-refractivity contribution in [3.8, 4) is 6.07 Å². The first kappa shape index (κ1) is 10.0. The Bertz CT molecular complexity index is 219. The van der Waals surface area contributed by atoms with Gasteiger partial charge in [0.2, 0.25) is 5.91 Å². The van der Waals surface area contributed by atoms with E-state index in [0.717, 1.165) is 25.8 Å². The second kappa shape index (κ2) is 4.86. The number of amides is 1. The summed E-state index contributed by atoms with van der Waals surface area (Å²) in [6.45, 7) is 2.88. The molecular weight excluding hydrogens is 164 g/mol. The van der Waals surface area contributed by atoms with Crippen LogP contribution in [0.15, 0.2) is 0 Å². The summed E-state index contributed by atoms with van der Waals surface area (Å²) in [6, 6.07) is 2.29. The van der Waals surface area contributed by atoms with Crippen LogP contribution in [0.4, 0.5) is 0 Å². The summed E-state index contributed by atoms with van der Waals surface area (Å²) in [4.78, 5) is 13.4. The number of nitriles is 1. The van der Waals surface area contributed by atoms with Gasteiger partial charge in [-0.15, -0.1) is 0 Å². The third-order valence-corrected chi connectivity index (χ3v) is 2.60. The maximum atomic E-state index is 11.5. The normalized spacial score (nSPS) is 19.7. The highest BCUT2D eigenvalue weighted by Crippen LogP contribution is 2.17. The molecule has 1 fully saturated rings. The molecule has 1 amide bonds. The highest BCUT2D eigenvalue weighted by molar-refractivity contribution is 5.77. The molecule has 0 aliphatic carbocycles. The molecule has 1 rings (SSSR count). The minimum atomic E-state index is 0.151. The molecule has 0 spiro atoms. The molecule has 1 aliphatic heterocycles. The second-order valence-electron chi connectivity index (χ2n) is 3.47. The van der Waals surface area contributed by atoms with Crippen LogP contribution >= 0.6 is 0 Å². The van der Waals surface area contributed by atoms with Gasteiger partial charge in [0.05, 0.1) is 12.5 Å². The van der Waals surface area contributed by atoms with E-state index in [1.807, 2.05) is 11.8 Å². The lowest BCUT2D eigenvalue weighted by molar-refractivity contribution is -0.135. The molecule has 0 aromatic carbocycles. The molecule has 3 nitrogen and oxygen atoms in total. The van der Waals surface area contributed by atoms with Crippen molar-refractivity contribution in [3.63, 3.8) is 0 Å². The van der Waals surface area contributed by atoms with Gasteiger partial charge in [-0.25, -0.2) is 0 Å². The largest absolute Gasteiger partial charge is 0.339 e. The fourth-order valence-corrected chi connectivity index (χ4v) is 1.79. The molecule has 72 valence electrons. The van der Waals surface area contributed by atoms with Gasteiger partial charge in [-0.05, 0) is 19.3 Å². The van der Waals surface area contributed by atoms with Gasteiger partial charge in [0.25, 0.3) is 0 Å². The summed E-state index contributed by atoms with van der Waals surface area (Å²) in [6.07, 6.45) is 4.13. The molecule has 13 heavy (non-hydrogen) atoms. The quantitative estimate of drug-likeness (QED) is 0.663. The molecule has 0 aromatic rings. The number of hydrogen-bond donors (Lipinski definition) is 0. The van der Waals surface area contributed by atoms with Gasteiger partial charge in [0, 0.05) is 19.0 Å². The fourth-order valence-electron chi connectivity index (χ4n) is 1.79. The van der Waals surface area contributed by atoms with Crippen LogP contribution < -0.4 is 0 Å². The minimum Gasteiger partial charge on any atom is -0.339 e. The Morgan fingerprint density at radius 1 is 1.62 bits per heavy atom. The van der Waals surface area contributed by atoms with E-state index < -0.39 is 0 Å². The zero-order valence-corrected chi connectivity index (χ0v) is 8.12. The van der Waals surface area contributed by atoms with E-state index in [9.17, 15) is 4.79 Å². The molecule has 1 unspecified atom stereocenters. The molecule has 1 aliphatic rings. The summed E-state index contributed by atoms with van der Waals surface area (Å²) >= 11 is 0. The highest BCUT2D eigenvalue weighted by atomic mass is 16.2. The average Bonchev–Trinajstić information content (AvgIpc) is 2.16. The molecule has 3 heteroatoms. The van der Waals surface area contributed by atoms with Gasteiger partial charge in [-0.1, -0.05) is 6.92 Å². The van der Waals surface area contributed by atoms with Crippen molar-refractivity contribution in [2.24, 2.45) is 0 Å². The number of carbonyl (C=O) groups is 1. The third-order valence-electron chi connectivity index (χ3n) is 2.60. The van der Waals surface area contributed by atoms with Gasteiger partial charge >= 0.3 is 0 Å². The van der Waals surface area contributed by atoms with Gasteiger partial charge in [-0.3, -0.25) is 4.79 Å². The van der Waals surface area contributed by atoms with Gasteiger partial charge in [0.15, 0.2) is 0 Å². The van der Waals surface area contributed by atoms with Crippen LogP contribution in [0.2, 0.25) is 0 Å². The Labute approximate surface area is 79.3 Å². The topological polar surface area (TPSA) is 44.1 Å². The Morgan fingerprint density at radius 2 is 2.38 bits per heavy atom. The van der Waals surface area contributed by atoms with Crippen LogP contribution in [0.5, 0.6) is 0 Å². The zero-order chi connectivity index (χ0) is 9.68. The summed E-state index contributed by atoms with van der Waals surface area (Å²) < 4.78 is 0. The summed E-state index contributed by atoms with van der Waals surface area (Å²) in [5.74, 6) is 0.230. The van der Waals surface area contributed by atoms with Gasteiger partial charge in [0.1, 0.15) is 0 Å². The maximum Gasteiger partial charge on any atom is 0.222 e. The standard InChI is InChI=1S/C10H16N2O/c1-2-9(6-7-11)12-8-4-3-5-10(12)13/h9H,2-6,8H2,1H3. The van der Waals surface area contributed by atoms with Gasteiger partial charge in [-0.2, -0.15) is 5.26 Å². The van der Waals surface area contributed by atoms with E-state index in [0.29, 0.717) is 12.8 Å². The zero-order valence-electron chi connectivity index (χ0n) is 8.12. The Kier molecular flexibility index (Phi) is 3.75. The number of hydrogen-bond acceptors (Lipinski definition) is 2. The molecule has 0 aromatic heterocycles. The third kappa shape index (κ3) is 2.45. The van der Waals surface area contributed by atoms with E-state index in [1.54, 1.807) is 0 Å². The molecule has 0 radical (unpaired) electrons. The number of nitrogens with zero attached hydrogens (tertiary/aromatic N) is 2. The van der Waals surface area contributed by atoms with Crippen LogP contribution in [0, 0.1) is 11.3 Å². The summed E-state index contributed by atoms with van der Waals surface area (Å²) in [5.41, 5.74) is 0. The lowest BCUT2D eigenvalue weighted by Gasteiger charge is -2.32. The summed E-state index contributed by atoms with van der Waals surface area (Å²) in [5, 5.41) is 8.60. The first-order valence-electron chi connectivity index (χ1n) is 4.96. The molecule has 0 saturated carbocycles. The fraction of sp³-hybridized carbons (Fsp3) is 0.800. The van der Waals surface area contributed by atoms with E-state index in [2.05, 4.69) is 6.07 Å². The number of piperidine rings is 1. The summed E-state index contributed by atoms with van der Waals surface area (Å²) in [7, 11) is 0. The Balaban J connectivity index is 2.55. The Hall–Kier alpha value is -1.04. The van der Waals surface area contributed by atoms with Crippen molar-refractivity contribution < 1.29 is 4.79 Å². The monoisotopic (exact) mass is 180 g/mol. The minimum absolute atomic E-state index is 0.151. The van der Waals surface area contributed by atoms with Crippen LogP contribution in [0.1, 0.15) is 39.0 Å². The van der Waals surface area contributed by atoms with E-state index in [4.69, 9.17) is 5.26 Å². The molecule has 0 bridgehead atoms.